The van der Waals surface area contributed by atoms with Gasteiger partial charge in [-0.1, -0.05) is 41.5 Å². The molecule has 4 atom stereocenters. The molecule has 0 aromatic heterocycles. The molecule has 0 saturated carbocycles. The van der Waals surface area contributed by atoms with Gasteiger partial charge in [0, 0.05) is 13.8 Å². The van der Waals surface area contributed by atoms with Crippen molar-refractivity contribution < 1.29 is 37.2 Å². The molecule has 0 bridgehead atoms. The number of hydrogen-bond acceptors (Lipinski definition) is 7. The van der Waals surface area contributed by atoms with E-state index >= 15 is 0 Å². The largest absolute Gasteiger partial charge is 0.472 e. The normalized spacial score (nSPS) is 20.9. The Morgan fingerprint density at radius 2 is 1.42 bits per heavy atom. The first-order chi connectivity index (χ1) is 10.5. The van der Waals surface area contributed by atoms with Crippen LogP contribution < -0.4 is 0 Å². The third-order valence-electron chi connectivity index (χ3n) is 3.37. The summed E-state index contributed by atoms with van der Waals surface area (Å²) in [6, 6.07) is 0. The minimum Gasteiger partial charge on any atom is -0.394 e. The molecule has 0 rings (SSSR count). The molecular formula is C14H32O8P2. The zero-order chi connectivity index (χ0) is 19.4. The number of hydrogen-bond donors (Lipinski definition) is 2. The van der Waals surface area contributed by atoms with Crippen molar-refractivity contribution in [2.45, 2.75) is 53.8 Å². The molecule has 0 aromatic carbocycles. The molecule has 0 aliphatic rings. The summed E-state index contributed by atoms with van der Waals surface area (Å²) in [6.45, 7) is 11.6. The zero-order valence-electron chi connectivity index (χ0n) is 15.8. The minimum atomic E-state index is -4.22. The van der Waals surface area contributed by atoms with Crippen molar-refractivity contribution in [3.8, 4) is 0 Å². The van der Waals surface area contributed by atoms with Crippen molar-refractivity contribution in [2.75, 3.05) is 27.0 Å². The molecule has 0 radical (unpaired) electrons. The van der Waals surface area contributed by atoms with Crippen molar-refractivity contribution in [1.29, 1.82) is 0 Å². The van der Waals surface area contributed by atoms with E-state index in [4.69, 9.17) is 13.6 Å². The van der Waals surface area contributed by atoms with Gasteiger partial charge in [-0.15, -0.1) is 0 Å². The number of aliphatic hydroxyl groups excluding tert-OH is 1. The van der Waals surface area contributed by atoms with Crippen molar-refractivity contribution in [1.82, 2.24) is 0 Å². The highest BCUT2D eigenvalue weighted by Gasteiger charge is 2.37. The lowest BCUT2D eigenvalue weighted by Gasteiger charge is -2.34. The first-order valence-electron chi connectivity index (χ1n) is 7.62. The van der Waals surface area contributed by atoms with Gasteiger partial charge in [0.15, 0.2) is 0 Å². The molecule has 4 unspecified atom stereocenters. The summed E-state index contributed by atoms with van der Waals surface area (Å²) in [5.74, 6) is 0. The van der Waals surface area contributed by atoms with Crippen LogP contribution in [0, 0.1) is 10.8 Å². The van der Waals surface area contributed by atoms with Crippen LogP contribution in [-0.2, 0) is 27.2 Å². The molecule has 0 heterocycles. The summed E-state index contributed by atoms with van der Waals surface area (Å²) in [7, 11) is -6.67. The van der Waals surface area contributed by atoms with Crippen LogP contribution in [0.25, 0.3) is 0 Å². The molecule has 0 saturated heterocycles. The van der Waals surface area contributed by atoms with E-state index in [-0.39, 0.29) is 13.2 Å². The minimum absolute atomic E-state index is 0.229. The highest BCUT2D eigenvalue weighted by Crippen LogP contribution is 2.50. The molecule has 24 heavy (non-hydrogen) atoms. The molecule has 8 nitrogen and oxygen atoms in total. The standard InChI is InChI=1S/C14H32O8P2/c1-13(2,3)11(9-15)21-23(8,16)20-10-12(14(4,5)6)22-24(17,18)19-7/h11-12,15H,9-10H2,1-8H3,(H,17,18). The molecule has 10 heteroatoms. The Bertz CT molecular complexity index is 480. The average Bonchev–Trinajstić information content (AvgIpc) is 2.38. The van der Waals surface area contributed by atoms with E-state index in [2.05, 4.69) is 4.52 Å². The molecule has 0 amide bonds. The van der Waals surface area contributed by atoms with E-state index < -0.39 is 38.5 Å². The number of aliphatic hydroxyl groups is 1. The first-order valence-corrected chi connectivity index (χ1v) is 11.1. The Kier molecular flexibility index (Phi) is 8.82. The van der Waals surface area contributed by atoms with E-state index in [0.29, 0.717) is 0 Å². The molecule has 2 N–H and O–H groups in total. The summed E-state index contributed by atoms with van der Waals surface area (Å²) in [5, 5.41) is 9.40. The fourth-order valence-corrected chi connectivity index (χ4v) is 3.67. The second-order valence-corrected chi connectivity index (χ2v) is 11.3. The van der Waals surface area contributed by atoms with Gasteiger partial charge in [0.2, 0.25) is 0 Å². The summed E-state index contributed by atoms with van der Waals surface area (Å²) >= 11 is 0. The Hall–Kier alpha value is 0.220. The summed E-state index contributed by atoms with van der Waals surface area (Å²) in [5.41, 5.74) is -1.00. The average molecular weight is 390 g/mol. The van der Waals surface area contributed by atoms with E-state index in [1.165, 1.54) is 6.66 Å². The van der Waals surface area contributed by atoms with Gasteiger partial charge in [0.1, 0.15) is 0 Å². The monoisotopic (exact) mass is 390 g/mol. The van der Waals surface area contributed by atoms with Gasteiger partial charge >= 0.3 is 15.4 Å². The van der Waals surface area contributed by atoms with E-state index in [1.807, 2.05) is 20.8 Å². The summed E-state index contributed by atoms with van der Waals surface area (Å²) in [4.78, 5) is 9.50. The molecule has 0 aliphatic heterocycles. The highest BCUT2D eigenvalue weighted by molar-refractivity contribution is 7.53. The Balaban J connectivity index is 5.01. The lowest BCUT2D eigenvalue weighted by Crippen LogP contribution is -2.34. The molecule has 0 fully saturated rings. The van der Waals surface area contributed by atoms with Crippen LogP contribution in [0.4, 0.5) is 0 Å². The van der Waals surface area contributed by atoms with Gasteiger partial charge in [-0.2, -0.15) is 0 Å². The fourth-order valence-electron chi connectivity index (χ4n) is 1.57. The van der Waals surface area contributed by atoms with Crippen LogP contribution in [-0.4, -0.2) is 49.2 Å². The van der Waals surface area contributed by atoms with Gasteiger partial charge in [0.05, 0.1) is 25.4 Å². The predicted molar refractivity (Wildman–Crippen MR) is 92.1 cm³/mol. The molecule has 0 aromatic rings. The van der Waals surface area contributed by atoms with Crippen molar-refractivity contribution in [2.24, 2.45) is 10.8 Å². The van der Waals surface area contributed by atoms with Gasteiger partial charge in [0.25, 0.3) is 0 Å². The molecule has 146 valence electrons. The topological polar surface area (TPSA) is 112 Å². The van der Waals surface area contributed by atoms with Crippen molar-refractivity contribution in [3.05, 3.63) is 0 Å². The maximum Gasteiger partial charge on any atom is 0.472 e. The smallest absolute Gasteiger partial charge is 0.394 e. The lowest BCUT2D eigenvalue weighted by atomic mass is 9.90. The third kappa shape index (κ3) is 9.07. The Morgan fingerprint density at radius 3 is 1.75 bits per heavy atom. The fraction of sp³-hybridized carbons (Fsp3) is 1.00. The van der Waals surface area contributed by atoms with Crippen molar-refractivity contribution in [3.63, 3.8) is 0 Å². The second-order valence-electron chi connectivity index (χ2n) is 7.82. The SMILES string of the molecule is COP(=O)(O)OC(COP(C)(=O)OC(CO)C(C)(C)C)C(C)(C)C. The van der Waals surface area contributed by atoms with Crippen LogP contribution in [0.3, 0.4) is 0 Å². The van der Waals surface area contributed by atoms with Crippen LogP contribution in [0.5, 0.6) is 0 Å². The molecular weight excluding hydrogens is 358 g/mol. The Labute approximate surface area is 145 Å². The van der Waals surface area contributed by atoms with Gasteiger partial charge < -0.3 is 19.0 Å². The maximum atomic E-state index is 12.5. The van der Waals surface area contributed by atoms with Crippen LogP contribution in [0.2, 0.25) is 0 Å². The van der Waals surface area contributed by atoms with Gasteiger partial charge in [-0.3, -0.25) is 13.6 Å². The Morgan fingerprint density at radius 1 is 0.958 bits per heavy atom. The quantitative estimate of drug-likeness (QED) is 0.576. The van der Waals surface area contributed by atoms with Gasteiger partial charge in [-0.05, 0) is 10.8 Å². The second kappa shape index (κ2) is 8.74. The number of rotatable bonds is 9. The highest BCUT2D eigenvalue weighted by atomic mass is 31.2. The lowest BCUT2D eigenvalue weighted by molar-refractivity contribution is -0.00790. The van der Waals surface area contributed by atoms with Crippen LogP contribution in [0.15, 0.2) is 0 Å². The third-order valence-corrected chi connectivity index (χ3v) is 5.61. The molecule has 0 aliphatic carbocycles. The van der Waals surface area contributed by atoms with E-state index in [9.17, 15) is 19.1 Å². The summed E-state index contributed by atoms with van der Waals surface area (Å²) < 4.78 is 44.5. The maximum absolute atomic E-state index is 12.5. The number of phosphoric ester groups is 1. The van der Waals surface area contributed by atoms with E-state index in [1.54, 1.807) is 20.8 Å². The first kappa shape index (κ1) is 24.2. The van der Waals surface area contributed by atoms with Crippen LogP contribution >= 0.6 is 15.4 Å². The number of phosphoric acid groups is 1. The van der Waals surface area contributed by atoms with Crippen LogP contribution in [0.1, 0.15) is 41.5 Å². The van der Waals surface area contributed by atoms with E-state index in [0.717, 1.165) is 7.11 Å². The zero-order valence-corrected chi connectivity index (χ0v) is 17.6. The van der Waals surface area contributed by atoms with Crippen molar-refractivity contribution >= 4 is 15.4 Å². The van der Waals surface area contributed by atoms with Gasteiger partial charge in [-0.25, -0.2) is 4.57 Å². The molecule has 0 spiro atoms. The predicted octanol–water partition coefficient (Wildman–Crippen LogP) is 3.43. The summed E-state index contributed by atoms with van der Waals surface area (Å²) in [6.07, 6.45) is -1.53.